The first-order valence-electron chi connectivity index (χ1n) is 2.50. The summed E-state index contributed by atoms with van der Waals surface area (Å²) in [6.45, 7) is 0. The molecule has 0 amide bonds. The minimum atomic E-state index is -0.843. The Balaban J connectivity index is 2.94. The summed E-state index contributed by atoms with van der Waals surface area (Å²) >= 11 is 2.51. The number of rotatable bonds is 1. The van der Waals surface area contributed by atoms with Crippen molar-refractivity contribution >= 4 is 17.9 Å². The fourth-order valence-corrected chi connectivity index (χ4v) is 3.06. The first-order valence-corrected chi connectivity index (χ1v) is 10.9. The average Bonchev–Trinajstić information content (AvgIpc) is 1.88. The van der Waals surface area contributed by atoms with Crippen molar-refractivity contribution in [3.8, 4) is 0 Å². The molecule has 0 atom stereocenters. The van der Waals surface area contributed by atoms with Gasteiger partial charge in [-0.05, 0) is 0 Å². The van der Waals surface area contributed by atoms with Crippen molar-refractivity contribution in [2.75, 3.05) is 0 Å². The third kappa shape index (κ3) is 2.11. The number of aromatic nitrogens is 1. The van der Waals surface area contributed by atoms with Gasteiger partial charge in [-0.1, -0.05) is 0 Å². The van der Waals surface area contributed by atoms with Gasteiger partial charge in [-0.2, -0.15) is 0 Å². The van der Waals surface area contributed by atoms with Crippen LogP contribution >= 0.6 is 13.6 Å². The molecule has 0 aliphatic rings. The van der Waals surface area contributed by atoms with Gasteiger partial charge in [0.25, 0.3) is 0 Å². The summed E-state index contributed by atoms with van der Waals surface area (Å²) in [5, 5.41) is 0. The molecule has 0 saturated carbocycles. The van der Waals surface area contributed by atoms with E-state index in [4.69, 9.17) is 0 Å². The molecule has 44 valence electrons. The third-order valence-corrected chi connectivity index (χ3v) is 5.30. The van der Waals surface area contributed by atoms with E-state index in [0.29, 0.717) is 0 Å². The molecule has 0 bridgehead atoms. The molecule has 0 unspecified atom stereocenters. The fourth-order valence-electron chi connectivity index (χ4n) is 0.525. The second-order valence-electron chi connectivity index (χ2n) is 1.59. The zero-order valence-electron chi connectivity index (χ0n) is 4.64. The molecule has 0 fully saturated rings. The summed E-state index contributed by atoms with van der Waals surface area (Å²) in [4.78, 5) is 3.66. The molecule has 0 saturated heterocycles. The summed E-state index contributed by atoms with van der Waals surface area (Å²) in [6, 6.07) is 4.89. The van der Waals surface area contributed by atoms with E-state index in [1.165, 1.54) is 6.07 Å². The summed E-state index contributed by atoms with van der Waals surface area (Å²) in [5.41, 5.74) is 0. The van der Waals surface area contributed by atoms with Crippen molar-refractivity contribution in [1.82, 2.24) is 4.98 Å². The zero-order valence-corrected chi connectivity index (χ0v) is 9.20. The first-order chi connectivity index (χ1) is 4.33. The van der Waals surface area contributed by atoms with Crippen LogP contribution in [0.4, 0.5) is 4.39 Å². The van der Waals surface area contributed by atoms with E-state index in [9.17, 15) is 4.39 Å². The van der Waals surface area contributed by atoms with Gasteiger partial charge in [-0.25, -0.2) is 0 Å². The van der Waals surface area contributed by atoms with Crippen LogP contribution in [0.1, 0.15) is 0 Å². The van der Waals surface area contributed by atoms with Crippen LogP contribution < -0.4 is 4.29 Å². The second kappa shape index (κ2) is 3.38. The monoisotopic (exact) mass is 239 g/mol. The number of halogens is 2. The molecule has 0 radical (unpaired) electrons. The molecular formula is C5H3BrFNZn. The Morgan fingerprint density at radius 2 is 2.33 bits per heavy atom. The molecule has 0 spiro atoms. The van der Waals surface area contributed by atoms with Crippen LogP contribution in [0, 0.1) is 5.95 Å². The maximum atomic E-state index is 12.3. The maximum absolute atomic E-state index is 12.3. The normalized spacial score (nSPS) is 8.67. The number of hydrogen-bond donors (Lipinski definition) is 0. The van der Waals surface area contributed by atoms with Gasteiger partial charge in [0.15, 0.2) is 0 Å². The Hall–Kier alpha value is 0.183. The van der Waals surface area contributed by atoms with Crippen molar-refractivity contribution in [2.45, 2.75) is 0 Å². The molecular weight excluding hydrogens is 238 g/mol. The van der Waals surface area contributed by atoms with Crippen molar-refractivity contribution < 1.29 is 19.6 Å². The van der Waals surface area contributed by atoms with E-state index in [0.717, 1.165) is 4.29 Å². The van der Waals surface area contributed by atoms with E-state index in [1.807, 2.05) is 6.07 Å². The Bertz CT molecular complexity index is 206. The van der Waals surface area contributed by atoms with Crippen LogP contribution in [-0.2, 0) is 15.2 Å². The Morgan fingerprint density at radius 3 is 2.78 bits per heavy atom. The molecule has 1 heterocycles. The molecule has 0 aliphatic heterocycles. The summed E-state index contributed by atoms with van der Waals surface area (Å²) < 4.78 is 13.2. The molecule has 1 aromatic heterocycles. The number of nitrogens with zero attached hydrogens (tertiary/aromatic N) is 1. The molecule has 1 rings (SSSR count). The molecule has 0 N–H and O–H groups in total. The van der Waals surface area contributed by atoms with Crippen molar-refractivity contribution in [3.05, 3.63) is 24.1 Å². The van der Waals surface area contributed by atoms with Gasteiger partial charge in [-0.3, -0.25) is 0 Å². The Morgan fingerprint density at radius 1 is 1.56 bits per heavy atom. The van der Waals surface area contributed by atoms with Gasteiger partial charge in [-0.15, -0.1) is 0 Å². The van der Waals surface area contributed by atoms with Crippen LogP contribution in [-0.4, -0.2) is 4.98 Å². The molecule has 1 aromatic rings. The van der Waals surface area contributed by atoms with Crippen molar-refractivity contribution in [1.29, 1.82) is 0 Å². The predicted octanol–water partition coefficient (Wildman–Crippen LogP) is 1.24. The van der Waals surface area contributed by atoms with E-state index in [2.05, 4.69) is 18.6 Å². The molecule has 0 aromatic carbocycles. The van der Waals surface area contributed by atoms with Crippen molar-refractivity contribution in [3.63, 3.8) is 0 Å². The van der Waals surface area contributed by atoms with E-state index >= 15 is 0 Å². The summed E-state index contributed by atoms with van der Waals surface area (Å²) in [7, 11) is 0. The van der Waals surface area contributed by atoms with Crippen LogP contribution in [0.2, 0.25) is 0 Å². The van der Waals surface area contributed by atoms with Gasteiger partial charge in [0.1, 0.15) is 0 Å². The van der Waals surface area contributed by atoms with Gasteiger partial charge < -0.3 is 0 Å². The van der Waals surface area contributed by atoms with Crippen LogP contribution in [0.25, 0.3) is 0 Å². The van der Waals surface area contributed by atoms with E-state index < -0.39 is 15.2 Å². The van der Waals surface area contributed by atoms with E-state index in [-0.39, 0.29) is 5.95 Å². The van der Waals surface area contributed by atoms with Gasteiger partial charge >= 0.3 is 66.6 Å². The minimum absolute atomic E-state index is 0.377. The third-order valence-electron chi connectivity index (χ3n) is 0.910. The number of hydrogen-bond acceptors (Lipinski definition) is 1. The van der Waals surface area contributed by atoms with Gasteiger partial charge in [0, 0.05) is 0 Å². The van der Waals surface area contributed by atoms with Gasteiger partial charge in [0.05, 0.1) is 0 Å². The average molecular weight is 241 g/mol. The summed E-state index contributed by atoms with van der Waals surface area (Å²) in [6.07, 6.45) is 0. The molecule has 1 nitrogen and oxygen atoms in total. The quantitative estimate of drug-likeness (QED) is 0.532. The Labute approximate surface area is 66.6 Å². The van der Waals surface area contributed by atoms with Crippen molar-refractivity contribution in [2.24, 2.45) is 0 Å². The molecule has 4 heteroatoms. The standard InChI is InChI=1S/C5H3FN.BrH.Zn/c6-5-3-1-2-4-7-5;;/h1-3H;1H;/q;;+1/p-1. The topological polar surface area (TPSA) is 12.9 Å². The van der Waals surface area contributed by atoms with Crippen LogP contribution in [0.3, 0.4) is 0 Å². The number of pyridine rings is 1. The van der Waals surface area contributed by atoms with Gasteiger partial charge in [0.2, 0.25) is 0 Å². The second-order valence-corrected chi connectivity index (χ2v) is 6.58. The molecule has 9 heavy (non-hydrogen) atoms. The predicted molar refractivity (Wildman–Crippen MR) is 32.8 cm³/mol. The van der Waals surface area contributed by atoms with Crippen LogP contribution in [0.15, 0.2) is 18.2 Å². The van der Waals surface area contributed by atoms with E-state index in [1.54, 1.807) is 6.07 Å². The zero-order chi connectivity index (χ0) is 6.69. The van der Waals surface area contributed by atoms with Crippen LogP contribution in [0.5, 0.6) is 0 Å². The molecule has 0 aliphatic carbocycles. The first kappa shape index (κ1) is 7.29. The summed E-state index contributed by atoms with van der Waals surface area (Å²) in [5.74, 6) is -0.377. The Kier molecular flexibility index (Phi) is 2.74. The fraction of sp³-hybridized carbons (Fsp3) is 0. The SMILES string of the molecule is Fc1ccc[c]([Zn][Br])n1.